The average Bonchev–Trinajstić information content (AvgIpc) is 3.32. The summed E-state index contributed by atoms with van der Waals surface area (Å²) in [6.07, 6.45) is 0.594. The molecule has 0 radical (unpaired) electrons. The molecule has 9 heteroatoms. The Balaban J connectivity index is 1.50. The van der Waals surface area contributed by atoms with E-state index in [2.05, 4.69) is 4.98 Å². The van der Waals surface area contributed by atoms with Crippen LogP contribution in [0.1, 0.15) is 40.0 Å². The highest BCUT2D eigenvalue weighted by Gasteiger charge is 2.27. The van der Waals surface area contributed by atoms with E-state index in [1.807, 2.05) is 0 Å². The van der Waals surface area contributed by atoms with Crippen LogP contribution in [0.2, 0.25) is 0 Å². The number of hydrogen-bond donors (Lipinski definition) is 0. The van der Waals surface area contributed by atoms with E-state index in [9.17, 15) is 18.8 Å². The van der Waals surface area contributed by atoms with Crippen molar-refractivity contribution in [3.05, 3.63) is 62.3 Å². The largest absolute Gasteiger partial charge is 0.448 e. The lowest BCUT2D eigenvalue weighted by Gasteiger charge is -2.21. The van der Waals surface area contributed by atoms with E-state index in [0.717, 1.165) is 30.0 Å². The van der Waals surface area contributed by atoms with Gasteiger partial charge in [-0.3, -0.25) is 14.2 Å². The summed E-state index contributed by atoms with van der Waals surface area (Å²) >= 11 is 1.11. The van der Waals surface area contributed by atoms with E-state index < -0.39 is 18.0 Å². The van der Waals surface area contributed by atoms with E-state index in [-0.39, 0.29) is 22.8 Å². The fraction of sp³-hybridized carbons (Fsp3) is 0.364. The molecule has 0 fully saturated rings. The third-order valence-electron chi connectivity index (χ3n) is 5.41. The van der Waals surface area contributed by atoms with E-state index in [0.29, 0.717) is 27.9 Å². The molecule has 7 nitrogen and oxygen atoms in total. The maximum atomic E-state index is 13.4. The van der Waals surface area contributed by atoms with Crippen molar-refractivity contribution in [3.8, 4) is 0 Å². The Hall–Kier alpha value is -3.07. The first-order valence-electron chi connectivity index (χ1n) is 9.99. The molecular weight excluding hydrogens is 421 g/mol. The Kier molecular flexibility index (Phi) is 5.62. The number of carbonyl (C=O) groups excluding carboxylic acids is 2. The van der Waals surface area contributed by atoms with Gasteiger partial charge in [0.2, 0.25) is 0 Å². The molecule has 0 N–H and O–H groups in total. The lowest BCUT2D eigenvalue weighted by molar-refractivity contribution is -0.139. The zero-order valence-corrected chi connectivity index (χ0v) is 18.3. The van der Waals surface area contributed by atoms with E-state index in [1.54, 1.807) is 30.7 Å². The van der Waals surface area contributed by atoms with E-state index >= 15 is 0 Å². The molecule has 0 unspecified atom stereocenters. The second-order valence-electron chi connectivity index (χ2n) is 7.70. The number of halogens is 1. The van der Waals surface area contributed by atoms with Gasteiger partial charge in [-0.25, -0.2) is 14.2 Å². The van der Waals surface area contributed by atoms with Gasteiger partial charge in [0.1, 0.15) is 21.3 Å². The Morgan fingerprint density at radius 1 is 1.39 bits per heavy atom. The number of amides is 1. The van der Waals surface area contributed by atoms with Crippen molar-refractivity contribution in [1.82, 2.24) is 14.5 Å². The monoisotopic (exact) mass is 443 g/mol. The van der Waals surface area contributed by atoms with Crippen molar-refractivity contribution in [2.45, 2.75) is 45.9 Å². The molecule has 162 valence electrons. The topological polar surface area (TPSA) is 81.5 Å². The third kappa shape index (κ3) is 3.97. The van der Waals surface area contributed by atoms with Crippen LogP contribution in [0.3, 0.4) is 0 Å². The molecule has 2 aromatic heterocycles. The second kappa shape index (κ2) is 8.22. The zero-order valence-electron chi connectivity index (χ0n) is 17.5. The number of likely N-dealkylation sites (N-methyl/N-ethyl adjacent to an activating group) is 1. The van der Waals surface area contributed by atoms with Gasteiger partial charge in [0.05, 0.1) is 5.39 Å². The normalized spacial score (nSPS) is 13.8. The zero-order chi connectivity index (χ0) is 22.3. The number of aromatic nitrogens is 2. The minimum absolute atomic E-state index is 0.135. The minimum atomic E-state index is -1.03. The number of hydrogen-bond acceptors (Lipinski definition) is 6. The first-order valence-corrected chi connectivity index (χ1v) is 10.8. The van der Waals surface area contributed by atoms with Gasteiger partial charge in [-0.15, -0.1) is 11.3 Å². The lowest BCUT2D eigenvalue weighted by atomic mass is 10.2. The molecule has 0 saturated heterocycles. The lowest BCUT2D eigenvalue weighted by Crippen LogP contribution is -2.37. The van der Waals surface area contributed by atoms with Gasteiger partial charge < -0.3 is 9.64 Å². The van der Waals surface area contributed by atoms with Gasteiger partial charge in [0.25, 0.3) is 11.5 Å². The van der Waals surface area contributed by atoms with Gasteiger partial charge in [0, 0.05) is 26.6 Å². The van der Waals surface area contributed by atoms with Crippen molar-refractivity contribution in [2.75, 3.05) is 7.05 Å². The molecule has 0 bridgehead atoms. The van der Waals surface area contributed by atoms with Gasteiger partial charge in [0.15, 0.2) is 6.10 Å². The van der Waals surface area contributed by atoms with Crippen molar-refractivity contribution in [2.24, 2.45) is 0 Å². The van der Waals surface area contributed by atoms with Crippen LogP contribution >= 0.6 is 11.3 Å². The number of carbonyl (C=O) groups is 2. The van der Waals surface area contributed by atoms with Crippen LogP contribution in [0.25, 0.3) is 10.2 Å². The Morgan fingerprint density at radius 3 is 2.90 bits per heavy atom. The maximum Gasteiger partial charge on any atom is 0.349 e. The summed E-state index contributed by atoms with van der Waals surface area (Å²) in [7, 11) is 1.56. The Morgan fingerprint density at radius 2 is 2.16 bits per heavy atom. The number of rotatable bonds is 5. The highest BCUT2D eigenvalue weighted by molar-refractivity contribution is 7.20. The number of benzene rings is 1. The number of fused-ring (bicyclic) bond motifs is 2. The number of thiophene rings is 1. The second-order valence-corrected chi connectivity index (χ2v) is 8.70. The van der Waals surface area contributed by atoms with Crippen molar-refractivity contribution in [3.63, 3.8) is 0 Å². The molecule has 3 heterocycles. The van der Waals surface area contributed by atoms with Crippen molar-refractivity contribution < 1.29 is 18.7 Å². The van der Waals surface area contributed by atoms with Gasteiger partial charge >= 0.3 is 5.97 Å². The molecule has 4 rings (SSSR count). The SMILES string of the molecule is Cc1c(C(=O)O[C@@H](C)C(=O)N(C)Cc2cccc(F)c2)sc2nc3n(c(=O)c12)CCC3. The summed E-state index contributed by atoms with van der Waals surface area (Å²) in [5, 5.41) is 0.435. The molecule has 0 saturated carbocycles. The number of nitrogens with zero attached hydrogens (tertiary/aromatic N) is 3. The Labute approximate surface area is 182 Å². The summed E-state index contributed by atoms with van der Waals surface area (Å²) in [6, 6.07) is 5.97. The first kappa shape index (κ1) is 21.2. The van der Waals surface area contributed by atoms with Crippen LogP contribution in [0.15, 0.2) is 29.1 Å². The van der Waals surface area contributed by atoms with Gasteiger partial charge in [-0.2, -0.15) is 0 Å². The maximum absolute atomic E-state index is 13.4. The highest BCUT2D eigenvalue weighted by atomic mass is 32.1. The van der Waals surface area contributed by atoms with E-state index in [1.165, 1.54) is 24.0 Å². The standard InChI is InChI=1S/C22H22FN3O4S/c1-12-17-19(24-16-8-5-9-26(16)21(17)28)31-18(12)22(29)30-13(2)20(27)25(3)11-14-6-4-7-15(23)10-14/h4,6-7,10,13H,5,8-9,11H2,1-3H3/t13-/m0/s1. The highest BCUT2D eigenvalue weighted by Crippen LogP contribution is 2.29. The third-order valence-corrected chi connectivity index (χ3v) is 6.58. The quantitative estimate of drug-likeness (QED) is 0.566. The molecular formula is C22H22FN3O4S. The van der Waals surface area contributed by atoms with Crippen LogP contribution in [0, 0.1) is 12.7 Å². The summed E-state index contributed by atoms with van der Waals surface area (Å²) in [6.45, 7) is 4.01. The Bertz CT molecular complexity index is 1250. The molecule has 1 aliphatic heterocycles. The van der Waals surface area contributed by atoms with Crippen LogP contribution in [0.5, 0.6) is 0 Å². The molecule has 0 aliphatic carbocycles. The summed E-state index contributed by atoms with van der Waals surface area (Å²) in [5.74, 6) is -0.714. The fourth-order valence-corrected chi connectivity index (χ4v) is 4.91. The molecule has 1 amide bonds. The van der Waals surface area contributed by atoms with Gasteiger partial charge in [-0.1, -0.05) is 12.1 Å². The molecule has 1 atom stereocenters. The molecule has 0 spiro atoms. The predicted octanol–water partition coefficient (Wildman–Crippen LogP) is 3.06. The minimum Gasteiger partial charge on any atom is -0.448 e. The molecule has 1 aromatic carbocycles. The summed E-state index contributed by atoms with van der Waals surface area (Å²) in [5.41, 5.74) is 1.02. The molecule has 1 aliphatic rings. The predicted molar refractivity (Wildman–Crippen MR) is 115 cm³/mol. The van der Waals surface area contributed by atoms with Crippen LogP contribution < -0.4 is 5.56 Å². The van der Waals surface area contributed by atoms with Crippen LogP contribution in [-0.4, -0.2) is 39.5 Å². The van der Waals surface area contributed by atoms with E-state index in [4.69, 9.17) is 4.74 Å². The molecule has 31 heavy (non-hydrogen) atoms. The van der Waals surface area contributed by atoms with Gasteiger partial charge in [-0.05, 0) is 43.5 Å². The van der Waals surface area contributed by atoms with Crippen molar-refractivity contribution >= 4 is 33.4 Å². The smallest absolute Gasteiger partial charge is 0.349 e. The first-order chi connectivity index (χ1) is 14.8. The van der Waals surface area contributed by atoms with Crippen LogP contribution in [0.4, 0.5) is 4.39 Å². The fourth-order valence-electron chi connectivity index (χ4n) is 3.83. The molecule has 3 aromatic rings. The number of ether oxygens (including phenoxy) is 1. The van der Waals surface area contributed by atoms with Crippen LogP contribution in [-0.2, 0) is 29.0 Å². The summed E-state index contributed by atoms with van der Waals surface area (Å²) in [4.78, 5) is 44.9. The number of esters is 1. The number of aryl methyl sites for hydroxylation is 2. The summed E-state index contributed by atoms with van der Waals surface area (Å²) < 4.78 is 20.4. The van der Waals surface area contributed by atoms with Crippen molar-refractivity contribution in [1.29, 1.82) is 0 Å². The average molecular weight is 444 g/mol.